The zero-order valence-electron chi connectivity index (χ0n) is 9.88. The van der Waals surface area contributed by atoms with Gasteiger partial charge in [0.25, 0.3) is 0 Å². The van der Waals surface area contributed by atoms with E-state index in [1.54, 1.807) is 0 Å². The SMILES string of the molecule is O=C1CC(CI)C(=O)N1c1cc(C(F)(F)F)ccc1Cl. The molecule has 0 spiro atoms. The number of imide groups is 1. The molecule has 1 heterocycles. The maximum absolute atomic E-state index is 12.7. The Bertz CT molecular complexity index is 576. The molecular formula is C12H8ClF3INO2. The molecule has 0 bridgehead atoms. The van der Waals surface area contributed by atoms with Gasteiger partial charge in [0.1, 0.15) is 0 Å². The Balaban J connectivity index is 2.47. The van der Waals surface area contributed by atoms with Crippen LogP contribution in [-0.2, 0) is 15.8 Å². The molecule has 0 N–H and O–H groups in total. The summed E-state index contributed by atoms with van der Waals surface area (Å²) in [5.74, 6) is -1.54. The van der Waals surface area contributed by atoms with Crippen LogP contribution < -0.4 is 4.90 Å². The van der Waals surface area contributed by atoms with Gasteiger partial charge < -0.3 is 0 Å². The van der Waals surface area contributed by atoms with Crippen molar-refractivity contribution >= 4 is 51.7 Å². The lowest BCUT2D eigenvalue weighted by atomic mass is 10.1. The molecule has 2 amide bonds. The summed E-state index contributed by atoms with van der Waals surface area (Å²) in [4.78, 5) is 24.6. The van der Waals surface area contributed by atoms with Gasteiger partial charge in [-0.3, -0.25) is 9.59 Å². The van der Waals surface area contributed by atoms with Crippen LogP contribution in [-0.4, -0.2) is 16.2 Å². The molecule has 0 radical (unpaired) electrons. The van der Waals surface area contributed by atoms with E-state index >= 15 is 0 Å². The van der Waals surface area contributed by atoms with Crippen LogP contribution in [0.4, 0.5) is 18.9 Å². The number of halogens is 5. The van der Waals surface area contributed by atoms with Crippen LogP contribution in [0.2, 0.25) is 5.02 Å². The van der Waals surface area contributed by atoms with Gasteiger partial charge in [0.15, 0.2) is 0 Å². The van der Waals surface area contributed by atoms with Gasteiger partial charge in [-0.05, 0) is 18.2 Å². The lowest BCUT2D eigenvalue weighted by Gasteiger charge is -2.18. The van der Waals surface area contributed by atoms with Crippen molar-refractivity contribution in [3.05, 3.63) is 28.8 Å². The van der Waals surface area contributed by atoms with E-state index in [-0.39, 0.29) is 17.1 Å². The molecule has 1 aromatic carbocycles. The molecule has 0 saturated carbocycles. The molecule has 1 unspecified atom stereocenters. The molecule has 2 rings (SSSR count). The molecular weight excluding hydrogens is 409 g/mol. The Morgan fingerprint density at radius 1 is 1.35 bits per heavy atom. The fourth-order valence-electron chi connectivity index (χ4n) is 1.93. The molecule has 1 saturated heterocycles. The Kier molecular flexibility index (Phi) is 4.29. The van der Waals surface area contributed by atoms with E-state index in [1.165, 1.54) is 0 Å². The van der Waals surface area contributed by atoms with Crippen molar-refractivity contribution in [2.45, 2.75) is 12.6 Å². The van der Waals surface area contributed by atoms with Crippen molar-refractivity contribution in [3.63, 3.8) is 0 Å². The summed E-state index contributed by atoms with van der Waals surface area (Å²) in [6.45, 7) is 0. The number of hydrogen-bond donors (Lipinski definition) is 0. The van der Waals surface area contributed by atoms with E-state index in [2.05, 4.69) is 0 Å². The zero-order chi connectivity index (χ0) is 15.1. The van der Waals surface area contributed by atoms with E-state index in [0.717, 1.165) is 23.1 Å². The van der Waals surface area contributed by atoms with Gasteiger partial charge in [-0.2, -0.15) is 13.2 Å². The minimum atomic E-state index is -4.56. The Hall–Kier alpha value is -0.830. The van der Waals surface area contributed by atoms with Crippen LogP contribution in [0.25, 0.3) is 0 Å². The number of hydrogen-bond acceptors (Lipinski definition) is 2. The second kappa shape index (κ2) is 5.51. The number of amides is 2. The van der Waals surface area contributed by atoms with Crippen molar-refractivity contribution in [2.24, 2.45) is 5.92 Å². The second-order valence-corrected chi connectivity index (χ2v) is 5.57. The lowest BCUT2D eigenvalue weighted by Crippen LogP contribution is -2.31. The molecule has 1 aliphatic rings. The quantitative estimate of drug-likeness (QED) is 0.418. The van der Waals surface area contributed by atoms with Crippen molar-refractivity contribution in [1.29, 1.82) is 0 Å². The molecule has 0 aliphatic carbocycles. The third-order valence-electron chi connectivity index (χ3n) is 2.94. The summed E-state index contributed by atoms with van der Waals surface area (Å²) in [6, 6.07) is 2.58. The third-order valence-corrected chi connectivity index (χ3v) is 4.32. The average molecular weight is 418 g/mol. The second-order valence-electron chi connectivity index (χ2n) is 4.29. The average Bonchev–Trinajstić information content (AvgIpc) is 2.64. The molecule has 0 aromatic heterocycles. The summed E-state index contributed by atoms with van der Waals surface area (Å²) in [5.41, 5.74) is -1.15. The smallest absolute Gasteiger partial charge is 0.274 e. The Morgan fingerprint density at radius 2 is 2.00 bits per heavy atom. The van der Waals surface area contributed by atoms with E-state index in [4.69, 9.17) is 11.6 Å². The first-order valence-electron chi connectivity index (χ1n) is 5.55. The minimum absolute atomic E-state index is 0.00561. The van der Waals surface area contributed by atoms with Crippen LogP contribution in [0, 0.1) is 5.92 Å². The number of carbonyl (C=O) groups excluding carboxylic acids is 2. The van der Waals surface area contributed by atoms with Crippen LogP contribution in [0.1, 0.15) is 12.0 Å². The first kappa shape index (κ1) is 15.6. The largest absolute Gasteiger partial charge is 0.416 e. The molecule has 108 valence electrons. The summed E-state index contributed by atoms with van der Waals surface area (Å²) in [7, 11) is 0. The van der Waals surface area contributed by atoms with Crippen molar-refractivity contribution in [2.75, 3.05) is 9.33 Å². The van der Waals surface area contributed by atoms with Gasteiger partial charge in [0.05, 0.1) is 22.2 Å². The summed E-state index contributed by atoms with van der Waals surface area (Å²) in [6.07, 6.45) is -4.57. The van der Waals surface area contributed by atoms with Gasteiger partial charge >= 0.3 is 6.18 Å². The highest BCUT2D eigenvalue weighted by molar-refractivity contribution is 14.1. The molecule has 20 heavy (non-hydrogen) atoms. The predicted octanol–water partition coefficient (Wildman–Crippen LogP) is 3.67. The van der Waals surface area contributed by atoms with E-state index in [9.17, 15) is 22.8 Å². The van der Waals surface area contributed by atoms with Crippen LogP contribution >= 0.6 is 34.2 Å². The topological polar surface area (TPSA) is 37.4 Å². The molecule has 1 fully saturated rings. The summed E-state index contributed by atoms with van der Waals surface area (Å²) < 4.78 is 38.5. The van der Waals surface area contributed by atoms with E-state index in [0.29, 0.717) is 4.43 Å². The highest BCUT2D eigenvalue weighted by atomic mass is 127. The van der Waals surface area contributed by atoms with Crippen LogP contribution in [0.3, 0.4) is 0 Å². The van der Waals surface area contributed by atoms with Gasteiger partial charge in [-0.1, -0.05) is 34.2 Å². The monoisotopic (exact) mass is 417 g/mol. The fourth-order valence-corrected chi connectivity index (χ4v) is 2.82. The number of alkyl halides is 4. The highest BCUT2D eigenvalue weighted by Crippen LogP contribution is 2.38. The number of benzene rings is 1. The van der Waals surface area contributed by atoms with Crippen LogP contribution in [0.5, 0.6) is 0 Å². The van der Waals surface area contributed by atoms with E-state index < -0.39 is 29.5 Å². The number of anilines is 1. The van der Waals surface area contributed by atoms with Crippen molar-refractivity contribution in [3.8, 4) is 0 Å². The van der Waals surface area contributed by atoms with E-state index in [1.807, 2.05) is 22.6 Å². The number of carbonyl (C=O) groups is 2. The Labute approximate surface area is 131 Å². The van der Waals surface area contributed by atoms with Gasteiger partial charge in [0.2, 0.25) is 11.8 Å². The molecule has 8 heteroatoms. The molecule has 1 aliphatic heterocycles. The predicted molar refractivity (Wildman–Crippen MR) is 75.9 cm³/mol. The van der Waals surface area contributed by atoms with Gasteiger partial charge in [-0.15, -0.1) is 0 Å². The van der Waals surface area contributed by atoms with Crippen LogP contribution in [0.15, 0.2) is 18.2 Å². The van der Waals surface area contributed by atoms with Crippen molar-refractivity contribution in [1.82, 2.24) is 0 Å². The highest BCUT2D eigenvalue weighted by Gasteiger charge is 2.40. The van der Waals surface area contributed by atoms with Gasteiger partial charge in [0, 0.05) is 10.8 Å². The molecule has 1 aromatic rings. The maximum Gasteiger partial charge on any atom is 0.416 e. The van der Waals surface area contributed by atoms with Gasteiger partial charge in [-0.25, -0.2) is 4.90 Å². The first-order chi connectivity index (χ1) is 9.25. The first-order valence-corrected chi connectivity index (χ1v) is 7.45. The minimum Gasteiger partial charge on any atom is -0.274 e. The Morgan fingerprint density at radius 3 is 2.50 bits per heavy atom. The third kappa shape index (κ3) is 2.78. The number of rotatable bonds is 2. The molecule has 3 nitrogen and oxygen atoms in total. The van der Waals surface area contributed by atoms with Crippen molar-refractivity contribution < 1.29 is 22.8 Å². The number of nitrogens with zero attached hydrogens (tertiary/aromatic N) is 1. The zero-order valence-corrected chi connectivity index (χ0v) is 12.8. The normalized spacial score (nSPS) is 19.9. The maximum atomic E-state index is 12.7. The fraction of sp³-hybridized carbons (Fsp3) is 0.333. The standard InChI is InChI=1S/C12H8ClF3INO2/c13-8-2-1-7(12(14,15)16)4-9(8)18-10(19)3-6(5-17)11(18)20/h1-2,4,6H,3,5H2. The lowest BCUT2D eigenvalue weighted by molar-refractivity contribution is -0.137. The summed E-state index contributed by atoms with van der Waals surface area (Å²) >= 11 is 7.79. The summed E-state index contributed by atoms with van der Waals surface area (Å²) in [5, 5.41) is -0.0613. The molecule has 1 atom stereocenters.